The Morgan fingerprint density at radius 3 is 2.21 bits per heavy atom. The molecule has 2 saturated heterocycles. The Morgan fingerprint density at radius 2 is 1.42 bits per heavy atom. The van der Waals surface area contributed by atoms with Crippen LogP contribution in [-0.2, 0) is 32.5 Å². The van der Waals surface area contributed by atoms with Crippen LogP contribution in [0.5, 0.6) is 23.0 Å². The van der Waals surface area contributed by atoms with E-state index in [-0.39, 0.29) is 11.9 Å². The van der Waals surface area contributed by atoms with Crippen LogP contribution in [0.2, 0.25) is 0 Å². The van der Waals surface area contributed by atoms with Gasteiger partial charge in [-0.1, -0.05) is 36.4 Å². The Balaban J connectivity index is 0.986. The average molecular weight is 713 g/mol. The molecule has 0 spiro atoms. The largest absolute Gasteiger partial charge is 0.486 e. The van der Waals surface area contributed by atoms with Crippen LogP contribution in [0.25, 0.3) is 0 Å². The maximum atomic E-state index is 12.5. The molecular formula is C44H48N4O5. The zero-order valence-corrected chi connectivity index (χ0v) is 30.3. The molecule has 4 aromatic rings. The third-order valence-electron chi connectivity index (χ3n) is 12.3. The number of nitrogens with one attached hydrogen (secondary N) is 2. The molecule has 53 heavy (non-hydrogen) atoms. The van der Waals surface area contributed by atoms with E-state index in [0.717, 1.165) is 99.1 Å². The second-order valence-electron chi connectivity index (χ2n) is 15.6. The van der Waals surface area contributed by atoms with Crippen LogP contribution in [0.15, 0.2) is 66.7 Å². The van der Waals surface area contributed by atoms with E-state index in [9.17, 15) is 4.79 Å². The second kappa shape index (κ2) is 14.0. The average Bonchev–Trinajstić information content (AvgIpc) is 3.84. The molecule has 0 radical (unpaired) electrons. The van der Waals surface area contributed by atoms with E-state index in [1.54, 1.807) is 0 Å². The van der Waals surface area contributed by atoms with Crippen LogP contribution < -0.4 is 29.6 Å². The highest BCUT2D eigenvalue weighted by Gasteiger charge is 2.37. The number of likely N-dealkylation sites (tertiary alicyclic amines) is 2. The SMILES string of the molecule is O=C1NCCc2cc(CN3CC(c4cc5c(cc4CN4CCC[C@H]4c4ccc6c(c4)OCCO6)CCNC5)C[C@H]3c3ccc4c(c3)OCCO4)ccc21. The molecule has 0 bridgehead atoms. The predicted octanol–water partition coefficient (Wildman–Crippen LogP) is 6.23. The molecule has 274 valence electrons. The first-order valence-corrected chi connectivity index (χ1v) is 19.7. The summed E-state index contributed by atoms with van der Waals surface area (Å²) in [5.74, 6) is 3.81. The van der Waals surface area contributed by atoms with Gasteiger partial charge in [0.2, 0.25) is 0 Å². The number of amides is 1. The normalized spacial score (nSPS) is 23.7. The molecule has 6 aliphatic heterocycles. The predicted molar refractivity (Wildman–Crippen MR) is 202 cm³/mol. The Bertz CT molecular complexity index is 2050. The number of carbonyl (C=O) groups is 1. The summed E-state index contributed by atoms with van der Waals surface area (Å²) in [6, 6.07) is 25.2. The van der Waals surface area contributed by atoms with Crippen molar-refractivity contribution in [3.05, 3.63) is 117 Å². The van der Waals surface area contributed by atoms with Crippen LogP contribution in [-0.4, -0.2) is 68.3 Å². The van der Waals surface area contributed by atoms with Crippen LogP contribution in [0, 0.1) is 0 Å². The van der Waals surface area contributed by atoms with E-state index in [4.69, 9.17) is 18.9 Å². The van der Waals surface area contributed by atoms with Gasteiger partial charge in [0.25, 0.3) is 5.91 Å². The highest BCUT2D eigenvalue weighted by Crippen LogP contribution is 2.46. The summed E-state index contributed by atoms with van der Waals surface area (Å²) >= 11 is 0. The van der Waals surface area contributed by atoms with Crippen molar-refractivity contribution in [3.8, 4) is 23.0 Å². The maximum Gasteiger partial charge on any atom is 0.251 e. The Kier molecular flexibility index (Phi) is 8.73. The van der Waals surface area contributed by atoms with Crippen LogP contribution >= 0.6 is 0 Å². The molecule has 0 aromatic heterocycles. The van der Waals surface area contributed by atoms with Crippen molar-refractivity contribution < 1.29 is 23.7 Å². The van der Waals surface area contributed by atoms with Crippen molar-refractivity contribution >= 4 is 5.91 Å². The van der Waals surface area contributed by atoms with Gasteiger partial charge in [-0.15, -0.1) is 0 Å². The molecule has 3 atom stereocenters. The van der Waals surface area contributed by atoms with Gasteiger partial charge in [-0.05, 0) is 126 Å². The number of nitrogens with zero attached hydrogens (tertiary/aromatic N) is 2. The van der Waals surface area contributed by atoms with Gasteiger partial charge in [0.1, 0.15) is 26.4 Å². The van der Waals surface area contributed by atoms with Gasteiger partial charge in [-0.25, -0.2) is 0 Å². The van der Waals surface area contributed by atoms with E-state index in [1.165, 1.54) is 45.4 Å². The fourth-order valence-corrected chi connectivity index (χ4v) is 9.73. The topological polar surface area (TPSA) is 84.5 Å². The number of benzene rings is 4. The quantitative estimate of drug-likeness (QED) is 0.234. The van der Waals surface area contributed by atoms with Crippen molar-refractivity contribution in [1.29, 1.82) is 0 Å². The molecular weight excluding hydrogens is 665 g/mol. The Labute approximate surface area is 311 Å². The third kappa shape index (κ3) is 6.43. The van der Waals surface area contributed by atoms with E-state index in [0.29, 0.717) is 44.9 Å². The van der Waals surface area contributed by atoms with Crippen LogP contribution in [0.1, 0.15) is 92.1 Å². The molecule has 2 fully saturated rings. The molecule has 1 amide bonds. The van der Waals surface area contributed by atoms with Gasteiger partial charge < -0.3 is 29.6 Å². The van der Waals surface area contributed by atoms with E-state index >= 15 is 0 Å². The molecule has 6 heterocycles. The lowest BCUT2D eigenvalue weighted by Gasteiger charge is -2.30. The summed E-state index contributed by atoms with van der Waals surface area (Å²) in [6.45, 7) is 8.84. The molecule has 4 aromatic carbocycles. The smallest absolute Gasteiger partial charge is 0.251 e. The highest BCUT2D eigenvalue weighted by atomic mass is 16.6. The lowest BCUT2D eigenvalue weighted by molar-refractivity contribution is 0.0946. The van der Waals surface area contributed by atoms with Crippen molar-refractivity contribution in [3.63, 3.8) is 0 Å². The second-order valence-corrected chi connectivity index (χ2v) is 15.6. The first kappa shape index (κ1) is 33.0. The van der Waals surface area contributed by atoms with E-state index in [1.807, 2.05) is 6.07 Å². The molecule has 1 unspecified atom stereocenters. The summed E-state index contributed by atoms with van der Waals surface area (Å²) in [5, 5.41) is 6.64. The molecule has 9 nitrogen and oxygen atoms in total. The summed E-state index contributed by atoms with van der Waals surface area (Å²) in [7, 11) is 0. The number of hydrogen-bond acceptors (Lipinski definition) is 8. The van der Waals surface area contributed by atoms with Gasteiger partial charge in [0.05, 0.1) is 0 Å². The van der Waals surface area contributed by atoms with Crippen molar-refractivity contribution in [2.45, 2.75) is 69.7 Å². The number of carbonyl (C=O) groups excluding carboxylic acids is 1. The fraction of sp³-hybridized carbons (Fsp3) is 0.432. The molecule has 6 aliphatic rings. The monoisotopic (exact) mass is 712 g/mol. The summed E-state index contributed by atoms with van der Waals surface area (Å²) in [6.07, 6.45) is 5.31. The number of fused-ring (bicyclic) bond motifs is 4. The summed E-state index contributed by atoms with van der Waals surface area (Å²) in [5.41, 5.74) is 11.7. The van der Waals surface area contributed by atoms with Gasteiger partial charge in [-0.3, -0.25) is 14.6 Å². The van der Waals surface area contributed by atoms with E-state index in [2.05, 4.69) is 81.1 Å². The van der Waals surface area contributed by atoms with Gasteiger partial charge in [0.15, 0.2) is 23.0 Å². The lowest BCUT2D eigenvalue weighted by Crippen LogP contribution is -2.32. The zero-order valence-electron chi connectivity index (χ0n) is 30.3. The molecule has 9 heteroatoms. The first-order chi connectivity index (χ1) is 26.1. The van der Waals surface area contributed by atoms with Crippen molar-refractivity contribution in [1.82, 2.24) is 20.4 Å². The first-order valence-electron chi connectivity index (χ1n) is 19.7. The minimum atomic E-state index is 0.0387. The minimum Gasteiger partial charge on any atom is -0.486 e. The fourth-order valence-electron chi connectivity index (χ4n) is 9.73. The van der Waals surface area contributed by atoms with Crippen molar-refractivity contribution in [2.24, 2.45) is 0 Å². The Hall–Kier alpha value is -4.57. The third-order valence-corrected chi connectivity index (χ3v) is 12.3. The van der Waals surface area contributed by atoms with Crippen molar-refractivity contribution in [2.75, 3.05) is 52.6 Å². The van der Waals surface area contributed by atoms with Gasteiger partial charge in [0, 0.05) is 50.4 Å². The molecule has 10 rings (SSSR count). The van der Waals surface area contributed by atoms with E-state index < -0.39 is 0 Å². The molecule has 0 saturated carbocycles. The molecule has 0 aliphatic carbocycles. The lowest BCUT2D eigenvalue weighted by atomic mass is 9.86. The summed E-state index contributed by atoms with van der Waals surface area (Å²) in [4.78, 5) is 17.9. The highest BCUT2D eigenvalue weighted by molar-refractivity contribution is 5.96. The zero-order chi connectivity index (χ0) is 35.3. The van der Waals surface area contributed by atoms with Gasteiger partial charge in [-0.2, -0.15) is 0 Å². The minimum absolute atomic E-state index is 0.0387. The number of hydrogen-bond donors (Lipinski definition) is 2. The summed E-state index contributed by atoms with van der Waals surface area (Å²) < 4.78 is 23.9. The van der Waals surface area contributed by atoms with Gasteiger partial charge >= 0.3 is 0 Å². The maximum absolute atomic E-state index is 12.5. The number of rotatable bonds is 7. The number of ether oxygens (including phenoxy) is 4. The Morgan fingerprint density at radius 1 is 0.679 bits per heavy atom. The molecule has 2 N–H and O–H groups in total. The van der Waals surface area contributed by atoms with Crippen LogP contribution in [0.3, 0.4) is 0 Å². The van der Waals surface area contributed by atoms with Crippen LogP contribution in [0.4, 0.5) is 0 Å². The standard InChI is InChI=1S/C44H48N4O5/c49-44-36-6-3-28(18-30(36)10-12-46-44)25-48-27-35(21-39(48)32-5-8-41-43(23-32)53-17-15-51-41)37-20-33-24-45-11-9-29(33)19-34(37)26-47-13-1-2-38(47)31-4-7-40-42(22-31)52-16-14-50-40/h3-8,18-20,22-23,35,38-39,45H,1-2,9-17,21,24-27H2,(H,46,49)/t35?,38-,39-/m0/s1.